The van der Waals surface area contributed by atoms with Gasteiger partial charge in [-0.05, 0) is 61.0 Å². The van der Waals surface area contributed by atoms with Gasteiger partial charge in [0.1, 0.15) is 12.1 Å². The molecule has 2 saturated heterocycles. The highest BCUT2D eigenvalue weighted by Gasteiger charge is 2.46. The van der Waals surface area contributed by atoms with Crippen LogP contribution in [0.2, 0.25) is 0 Å². The number of nitrogens with zero attached hydrogens (tertiary/aromatic N) is 4. The molecule has 3 N–H and O–H groups in total. The zero-order chi connectivity index (χ0) is 32.9. The second kappa shape index (κ2) is 12.3. The van der Waals surface area contributed by atoms with E-state index in [9.17, 15) is 28.0 Å². The van der Waals surface area contributed by atoms with Crippen molar-refractivity contribution < 1.29 is 42.3 Å². The largest absolute Gasteiger partial charge is 0.356 e. The van der Waals surface area contributed by atoms with Crippen LogP contribution in [0, 0.1) is 0 Å². The number of thiophene rings is 1. The third-order valence-corrected chi connectivity index (χ3v) is 10.5. The summed E-state index contributed by atoms with van der Waals surface area (Å²) in [5.74, 6) is -1.71. The average molecular weight is 674 g/mol. The van der Waals surface area contributed by atoms with Crippen molar-refractivity contribution in [1.29, 1.82) is 0 Å². The van der Waals surface area contributed by atoms with Crippen molar-refractivity contribution in [2.24, 2.45) is 0 Å². The number of carbonyl (C=O) groups is 4. The van der Waals surface area contributed by atoms with Crippen LogP contribution in [0.5, 0.6) is 0 Å². The number of amides is 4. The maximum atomic E-state index is 14.2. The minimum Gasteiger partial charge on any atom is -0.356 e. The SMILES string of the molecule is CC(=O)N1CC[C@H]2CC[C@@H](C(=O)N(C)c3ccc4oncc4c3)N2C(=O)[C@@H](NC(=O)c2cc3cc(C(F)(F)P(O)O)ccc3s2)C1. The number of rotatable bonds is 6. The van der Waals surface area contributed by atoms with E-state index in [0.29, 0.717) is 47.2 Å². The molecule has 4 heterocycles. The summed E-state index contributed by atoms with van der Waals surface area (Å²) >= 11 is 1.01. The number of benzene rings is 2. The lowest BCUT2D eigenvalue weighted by Crippen LogP contribution is -2.61. The number of likely N-dealkylation sites (N-methyl/N-ethyl adjacent to an activating group) is 1. The molecule has 0 bridgehead atoms. The Morgan fingerprint density at radius 3 is 2.63 bits per heavy atom. The van der Waals surface area contributed by atoms with Crippen molar-refractivity contribution in [3.05, 3.63) is 59.1 Å². The Labute approximate surface area is 266 Å². The van der Waals surface area contributed by atoms with E-state index in [1.807, 2.05) is 0 Å². The summed E-state index contributed by atoms with van der Waals surface area (Å²) in [5, 5.41) is 7.51. The molecular formula is C30H30F2N5O7PS. The Balaban J connectivity index is 1.26. The molecule has 2 aromatic carbocycles. The number of hydrogen-bond donors (Lipinski definition) is 3. The predicted molar refractivity (Wildman–Crippen MR) is 166 cm³/mol. The topological polar surface area (TPSA) is 157 Å². The monoisotopic (exact) mass is 673 g/mol. The lowest BCUT2D eigenvalue weighted by molar-refractivity contribution is -0.144. The molecule has 46 heavy (non-hydrogen) atoms. The minimum atomic E-state index is -3.85. The van der Waals surface area contributed by atoms with E-state index in [1.165, 1.54) is 28.9 Å². The number of halogens is 2. The number of aromatic nitrogens is 1. The predicted octanol–water partition coefficient (Wildman–Crippen LogP) is 3.76. The molecule has 0 spiro atoms. The van der Waals surface area contributed by atoms with Crippen LogP contribution >= 0.6 is 19.7 Å². The van der Waals surface area contributed by atoms with Gasteiger partial charge in [0.25, 0.3) is 5.91 Å². The maximum absolute atomic E-state index is 14.2. The van der Waals surface area contributed by atoms with Crippen molar-refractivity contribution in [2.75, 3.05) is 25.0 Å². The van der Waals surface area contributed by atoms with Crippen LogP contribution in [-0.2, 0) is 20.0 Å². The number of carbonyl (C=O) groups excluding carboxylic acids is 4. The highest BCUT2D eigenvalue weighted by Crippen LogP contribution is 2.53. The molecule has 3 atom stereocenters. The normalized spacial score (nSPS) is 20.6. The molecule has 0 radical (unpaired) electrons. The first-order valence-electron chi connectivity index (χ1n) is 14.5. The number of anilines is 1. The first-order valence-corrected chi connectivity index (χ1v) is 16.5. The number of hydrogen-bond acceptors (Lipinski definition) is 9. The van der Waals surface area contributed by atoms with Crippen LogP contribution in [0.25, 0.3) is 21.1 Å². The number of nitrogens with one attached hydrogen (secondary N) is 1. The molecule has 0 unspecified atom stereocenters. The molecular weight excluding hydrogens is 643 g/mol. The molecule has 6 rings (SSSR count). The van der Waals surface area contributed by atoms with E-state index in [1.54, 1.807) is 36.3 Å². The van der Waals surface area contributed by atoms with Crippen molar-refractivity contribution in [1.82, 2.24) is 20.3 Å². The van der Waals surface area contributed by atoms with Crippen LogP contribution in [-0.4, -0.2) is 86.6 Å². The Bertz CT molecular complexity index is 1850. The summed E-state index contributed by atoms with van der Waals surface area (Å²) in [4.78, 5) is 76.9. The first kappa shape index (κ1) is 31.9. The fourth-order valence-electron chi connectivity index (χ4n) is 6.12. The van der Waals surface area contributed by atoms with Crippen LogP contribution in [0.3, 0.4) is 0 Å². The van der Waals surface area contributed by atoms with E-state index < -0.39 is 43.5 Å². The number of alkyl halides is 2. The third-order valence-electron chi connectivity index (χ3n) is 8.62. The lowest BCUT2D eigenvalue weighted by atomic mass is 10.1. The van der Waals surface area contributed by atoms with Gasteiger partial charge in [-0.15, -0.1) is 11.3 Å². The van der Waals surface area contributed by atoms with Gasteiger partial charge < -0.3 is 34.3 Å². The summed E-state index contributed by atoms with van der Waals surface area (Å²) in [6, 6.07) is 7.80. The second-order valence-electron chi connectivity index (χ2n) is 11.4. The van der Waals surface area contributed by atoms with Crippen LogP contribution in [0.4, 0.5) is 14.5 Å². The van der Waals surface area contributed by atoms with E-state index in [4.69, 9.17) is 14.3 Å². The highest BCUT2D eigenvalue weighted by atomic mass is 32.1. The molecule has 242 valence electrons. The summed E-state index contributed by atoms with van der Waals surface area (Å²) in [5.41, 5.74) is -3.29. The van der Waals surface area contributed by atoms with Crippen LogP contribution < -0.4 is 10.2 Å². The Kier molecular flexibility index (Phi) is 8.53. The zero-order valence-corrected chi connectivity index (χ0v) is 26.4. The summed E-state index contributed by atoms with van der Waals surface area (Å²) in [6.07, 6.45) is 2.96. The first-order chi connectivity index (χ1) is 21.8. The molecule has 4 aromatic rings. The second-order valence-corrected chi connectivity index (χ2v) is 13.6. The fraction of sp³-hybridized carbons (Fsp3) is 0.367. The van der Waals surface area contributed by atoms with E-state index in [2.05, 4.69) is 10.5 Å². The van der Waals surface area contributed by atoms with E-state index >= 15 is 0 Å². The molecule has 0 saturated carbocycles. The molecule has 2 aliphatic heterocycles. The molecule has 4 amide bonds. The van der Waals surface area contributed by atoms with Gasteiger partial charge in [0.15, 0.2) is 5.58 Å². The Hall–Kier alpha value is -4.04. The van der Waals surface area contributed by atoms with Crippen molar-refractivity contribution in [3.63, 3.8) is 0 Å². The quantitative estimate of drug-likeness (QED) is 0.261. The average Bonchev–Trinajstić information content (AvgIpc) is 3.77. The van der Waals surface area contributed by atoms with Crippen LogP contribution in [0.15, 0.2) is 53.2 Å². The van der Waals surface area contributed by atoms with Gasteiger partial charge >= 0.3 is 5.66 Å². The Morgan fingerprint density at radius 1 is 1.11 bits per heavy atom. The lowest BCUT2D eigenvalue weighted by Gasteiger charge is -2.39. The standard InChI is InChI=1S/C30H30F2N5O7PS/c1-16(38)36-10-9-20-4-6-23(29(41)35(2)21-5-7-24-18(12-21)14-33-44-24)37(20)28(40)22(15-36)34-27(39)26-13-17-11-19(3-8-25(17)46-26)30(31,32)45(42)43/h3,5,7-8,11-14,20,22-23,42-43H,4,6,9-10,15H2,1-2H3,(H,34,39)/t20-,22+,23+/m1/s1. The van der Waals surface area contributed by atoms with Crippen LogP contribution in [0.1, 0.15) is 41.4 Å². The van der Waals surface area contributed by atoms with Crippen molar-refractivity contribution >= 4 is 70.1 Å². The fourth-order valence-corrected chi connectivity index (χ4v) is 7.43. The van der Waals surface area contributed by atoms with Gasteiger partial charge in [-0.3, -0.25) is 19.2 Å². The smallest absolute Gasteiger partial charge is 0.339 e. The van der Waals surface area contributed by atoms with Crippen molar-refractivity contribution in [3.8, 4) is 0 Å². The van der Waals surface area contributed by atoms with Gasteiger partial charge in [-0.25, -0.2) is 0 Å². The van der Waals surface area contributed by atoms with E-state index in [-0.39, 0.29) is 34.7 Å². The molecule has 0 aliphatic carbocycles. The molecule has 2 aliphatic rings. The molecule has 2 aromatic heterocycles. The minimum absolute atomic E-state index is 0.109. The third kappa shape index (κ3) is 5.83. The van der Waals surface area contributed by atoms with Gasteiger partial charge in [0.2, 0.25) is 26.1 Å². The summed E-state index contributed by atoms with van der Waals surface area (Å²) < 4.78 is 34.1. The zero-order valence-electron chi connectivity index (χ0n) is 24.7. The number of fused-ring (bicyclic) bond motifs is 3. The molecule has 16 heteroatoms. The van der Waals surface area contributed by atoms with Gasteiger partial charge in [-0.2, -0.15) is 8.78 Å². The summed E-state index contributed by atoms with van der Waals surface area (Å²) in [6.45, 7) is 1.60. The van der Waals surface area contributed by atoms with Gasteiger partial charge in [0, 0.05) is 54.4 Å². The van der Waals surface area contributed by atoms with E-state index in [0.717, 1.165) is 23.5 Å². The molecule has 12 nitrogen and oxygen atoms in total. The van der Waals surface area contributed by atoms with Gasteiger partial charge in [0.05, 0.1) is 11.1 Å². The van der Waals surface area contributed by atoms with Gasteiger partial charge in [-0.1, -0.05) is 11.2 Å². The maximum Gasteiger partial charge on any atom is 0.339 e. The molecule has 2 fully saturated rings. The Morgan fingerprint density at radius 2 is 1.89 bits per heavy atom. The highest BCUT2D eigenvalue weighted by molar-refractivity contribution is 7.46. The van der Waals surface area contributed by atoms with Crippen molar-refractivity contribution in [2.45, 2.75) is 50.0 Å². The summed E-state index contributed by atoms with van der Waals surface area (Å²) in [7, 11) is -1.94.